The molecule has 2 aromatic rings. The lowest BCUT2D eigenvalue weighted by molar-refractivity contribution is -0.122. The molecular formula is C20H26N2O2. The molecule has 0 saturated carbocycles. The minimum absolute atomic E-state index is 0.0706. The number of ether oxygens (including phenoxy) is 1. The second-order valence-electron chi connectivity index (χ2n) is 5.74. The molecule has 4 nitrogen and oxygen atoms in total. The molecule has 0 saturated heterocycles. The van der Waals surface area contributed by atoms with Crippen molar-refractivity contribution in [3.05, 3.63) is 65.7 Å². The van der Waals surface area contributed by atoms with Crippen molar-refractivity contribution < 1.29 is 9.53 Å². The van der Waals surface area contributed by atoms with Crippen LogP contribution < -0.4 is 10.1 Å². The molecule has 1 N–H and O–H groups in total. The molecule has 24 heavy (non-hydrogen) atoms. The van der Waals surface area contributed by atoms with Gasteiger partial charge in [-0.3, -0.25) is 9.69 Å². The van der Waals surface area contributed by atoms with Gasteiger partial charge in [0.05, 0.1) is 13.7 Å². The zero-order chi connectivity index (χ0) is 17.2. The van der Waals surface area contributed by atoms with Gasteiger partial charge in [0.2, 0.25) is 5.91 Å². The first-order valence-corrected chi connectivity index (χ1v) is 8.37. The molecule has 0 aliphatic heterocycles. The molecule has 0 radical (unpaired) electrons. The largest absolute Gasteiger partial charge is 0.497 e. The SMILES string of the molecule is CCN(CC(=O)NCCc1ccc(OC)cc1)Cc1ccccc1. The third-order valence-corrected chi connectivity index (χ3v) is 3.96. The van der Waals surface area contributed by atoms with Gasteiger partial charge in [0, 0.05) is 13.1 Å². The van der Waals surface area contributed by atoms with E-state index in [0.717, 1.165) is 25.3 Å². The second kappa shape index (κ2) is 9.73. The van der Waals surface area contributed by atoms with Crippen molar-refractivity contribution in [1.82, 2.24) is 10.2 Å². The van der Waals surface area contributed by atoms with Gasteiger partial charge < -0.3 is 10.1 Å². The Hall–Kier alpha value is -2.33. The predicted octanol–water partition coefficient (Wildman–Crippen LogP) is 2.88. The van der Waals surface area contributed by atoms with Gasteiger partial charge in [-0.2, -0.15) is 0 Å². The zero-order valence-corrected chi connectivity index (χ0v) is 14.5. The highest BCUT2D eigenvalue weighted by Crippen LogP contribution is 2.11. The monoisotopic (exact) mass is 326 g/mol. The maximum absolute atomic E-state index is 12.1. The summed E-state index contributed by atoms with van der Waals surface area (Å²) < 4.78 is 5.14. The smallest absolute Gasteiger partial charge is 0.234 e. The van der Waals surface area contributed by atoms with E-state index < -0.39 is 0 Å². The molecule has 0 atom stereocenters. The fourth-order valence-corrected chi connectivity index (χ4v) is 2.52. The third kappa shape index (κ3) is 6.05. The van der Waals surface area contributed by atoms with Crippen LogP contribution in [0.15, 0.2) is 54.6 Å². The minimum atomic E-state index is 0.0706. The number of rotatable bonds is 9. The number of carbonyl (C=O) groups excluding carboxylic acids is 1. The lowest BCUT2D eigenvalue weighted by Gasteiger charge is -2.20. The van der Waals surface area contributed by atoms with E-state index >= 15 is 0 Å². The van der Waals surface area contributed by atoms with Crippen molar-refractivity contribution in [2.24, 2.45) is 0 Å². The number of nitrogens with one attached hydrogen (secondary N) is 1. The first kappa shape index (κ1) is 18.0. The van der Waals surface area contributed by atoms with Crippen molar-refractivity contribution in [3.8, 4) is 5.75 Å². The van der Waals surface area contributed by atoms with Gasteiger partial charge in [0.15, 0.2) is 0 Å². The Bertz CT molecular complexity index is 611. The Balaban J connectivity index is 1.72. The second-order valence-corrected chi connectivity index (χ2v) is 5.74. The summed E-state index contributed by atoms with van der Waals surface area (Å²) in [7, 11) is 1.66. The number of benzene rings is 2. The van der Waals surface area contributed by atoms with Crippen molar-refractivity contribution in [2.45, 2.75) is 19.9 Å². The molecule has 0 spiro atoms. The molecule has 2 rings (SSSR count). The molecule has 0 bridgehead atoms. The molecule has 4 heteroatoms. The number of amides is 1. The first-order valence-electron chi connectivity index (χ1n) is 8.37. The highest BCUT2D eigenvalue weighted by atomic mass is 16.5. The van der Waals surface area contributed by atoms with Crippen molar-refractivity contribution >= 4 is 5.91 Å². The first-order chi connectivity index (χ1) is 11.7. The van der Waals surface area contributed by atoms with Crippen LogP contribution in [0.5, 0.6) is 5.75 Å². The number of hydrogen-bond acceptors (Lipinski definition) is 3. The molecule has 0 aliphatic rings. The maximum Gasteiger partial charge on any atom is 0.234 e. The van der Waals surface area contributed by atoms with Crippen LogP contribution in [0.4, 0.5) is 0 Å². The number of carbonyl (C=O) groups is 1. The van der Waals surface area contributed by atoms with E-state index in [1.807, 2.05) is 42.5 Å². The third-order valence-electron chi connectivity index (χ3n) is 3.96. The number of nitrogens with zero attached hydrogens (tertiary/aromatic N) is 1. The Morgan fingerprint density at radius 2 is 1.75 bits per heavy atom. The van der Waals surface area contributed by atoms with Crippen LogP contribution in [0.3, 0.4) is 0 Å². The molecule has 128 valence electrons. The van der Waals surface area contributed by atoms with Crippen LogP contribution in [0.1, 0.15) is 18.1 Å². The van der Waals surface area contributed by atoms with E-state index in [1.165, 1.54) is 11.1 Å². The van der Waals surface area contributed by atoms with E-state index in [-0.39, 0.29) is 5.91 Å². The summed E-state index contributed by atoms with van der Waals surface area (Å²) in [5, 5.41) is 3.00. The number of methoxy groups -OCH3 is 1. The maximum atomic E-state index is 12.1. The lowest BCUT2D eigenvalue weighted by atomic mass is 10.1. The molecule has 1 amide bonds. The van der Waals surface area contributed by atoms with Gasteiger partial charge in [-0.15, -0.1) is 0 Å². The molecule has 0 aliphatic carbocycles. The van der Waals surface area contributed by atoms with Gasteiger partial charge in [-0.25, -0.2) is 0 Å². The van der Waals surface area contributed by atoms with Crippen LogP contribution in [-0.2, 0) is 17.8 Å². The minimum Gasteiger partial charge on any atom is -0.497 e. The Morgan fingerprint density at radius 1 is 1.04 bits per heavy atom. The van der Waals surface area contributed by atoms with E-state index in [2.05, 4.69) is 29.3 Å². The summed E-state index contributed by atoms with van der Waals surface area (Å²) in [6, 6.07) is 18.2. The van der Waals surface area contributed by atoms with Crippen LogP contribution in [0, 0.1) is 0 Å². The number of likely N-dealkylation sites (N-methyl/N-ethyl adjacent to an activating group) is 1. The van der Waals surface area contributed by atoms with Gasteiger partial charge in [0.25, 0.3) is 0 Å². The molecule has 0 fully saturated rings. The zero-order valence-electron chi connectivity index (χ0n) is 14.5. The van der Waals surface area contributed by atoms with Gasteiger partial charge >= 0.3 is 0 Å². The quantitative estimate of drug-likeness (QED) is 0.770. The molecule has 2 aromatic carbocycles. The van der Waals surface area contributed by atoms with Gasteiger partial charge in [-0.1, -0.05) is 49.4 Å². The Kier molecular flexibility index (Phi) is 7.30. The normalized spacial score (nSPS) is 10.6. The molecule has 0 unspecified atom stereocenters. The molecule has 0 aromatic heterocycles. The summed E-state index contributed by atoms with van der Waals surface area (Å²) in [6.07, 6.45) is 0.820. The summed E-state index contributed by atoms with van der Waals surface area (Å²) in [6.45, 7) is 4.79. The van der Waals surface area contributed by atoms with Gasteiger partial charge in [0.1, 0.15) is 5.75 Å². The molecule has 0 heterocycles. The van der Waals surface area contributed by atoms with E-state index in [9.17, 15) is 4.79 Å². The predicted molar refractivity (Wildman–Crippen MR) is 97.1 cm³/mol. The van der Waals surface area contributed by atoms with Crippen LogP contribution in [-0.4, -0.2) is 37.6 Å². The highest BCUT2D eigenvalue weighted by Gasteiger charge is 2.09. The number of hydrogen-bond donors (Lipinski definition) is 1. The summed E-state index contributed by atoms with van der Waals surface area (Å²) in [5.41, 5.74) is 2.41. The Labute approximate surface area is 144 Å². The summed E-state index contributed by atoms with van der Waals surface area (Å²) in [4.78, 5) is 14.3. The van der Waals surface area contributed by atoms with E-state index in [4.69, 9.17) is 4.74 Å². The highest BCUT2D eigenvalue weighted by molar-refractivity contribution is 5.78. The van der Waals surface area contributed by atoms with Crippen LogP contribution in [0.2, 0.25) is 0 Å². The average Bonchev–Trinajstić information content (AvgIpc) is 2.62. The standard InChI is InChI=1S/C20H26N2O2/c1-3-22(15-18-7-5-4-6-8-18)16-20(23)21-14-13-17-9-11-19(24-2)12-10-17/h4-12H,3,13-16H2,1-2H3,(H,21,23). The lowest BCUT2D eigenvalue weighted by Crippen LogP contribution is -2.37. The van der Waals surface area contributed by atoms with Crippen molar-refractivity contribution in [1.29, 1.82) is 0 Å². The summed E-state index contributed by atoms with van der Waals surface area (Å²) >= 11 is 0. The van der Waals surface area contributed by atoms with Crippen molar-refractivity contribution in [3.63, 3.8) is 0 Å². The van der Waals surface area contributed by atoms with Crippen LogP contribution >= 0.6 is 0 Å². The Morgan fingerprint density at radius 3 is 2.38 bits per heavy atom. The van der Waals surface area contributed by atoms with Gasteiger partial charge in [-0.05, 0) is 36.2 Å². The topological polar surface area (TPSA) is 41.6 Å². The van der Waals surface area contributed by atoms with Crippen molar-refractivity contribution in [2.75, 3.05) is 26.7 Å². The summed E-state index contributed by atoms with van der Waals surface area (Å²) in [5.74, 6) is 0.920. The average molecular weight is 326 g/mol. The van der Waals surface area contributed by atoms with E-state index in [1.54, 1.807) is 7.11 Å². The fourth-order valence-electron chi connectivity index (χ4n) is 2.52. The fraction of sp³-hybridized carbons (Fsp3) is 0.350. The molecular weight excluding hydrogens is 300 g/mol. The van der Waals surface area contributed by atoms with E-state index in [0.29, 0.717) is 13.1 Å². The van der Waals surface area contributed by atoms with Crippen LogP contribution in [0.25, 0.3) is 0 Å².